The number of likely N-dealkylation sites (N-methyl/N-ethyl adjacent to an activating group) is 1. The first kappa shape index (κ1) is 57.2. The lowest BCUT2D eigenvalue weighted by Crippen LogP contribution is -2.37. The van der Waals surface area contributed by atoms with Gasteiger partial charge in [-0.25, -0.2) is 0 Å². The number of phosphoric acid groups is 1. The van der Waals surface area contributed by atoms with E-state index in [9.17, 15) is 19.0 Å². The van der Waals surface area contributed by atoms with E-state index in [-0.39, 0.29) is 26.1 Å². The zero-order chi connectivity index (χ0) is 44.3. The Labute approximate surface area is 367 Å². The minimum Gasteiger partial charge on any atom is -0.756 e. The molecular weight excluding hydrogens is 774 g/mol. The minimum atomic E-state index is -4.65. The van der Waals surface area contributed by atoms with Gasteiger partial charge in [-0.2, -0.15) is 0 Å². The van der Waals surface area contributed by atoms with E-state index in [1.807, 2.05) is 27.2 Å². The molecule has 0 aliphatic rings. The summed E-state index contributed by atoms with van der Waals surface area (Å²) in [5, 5.41) is 0. The second-order valence-electron chi connectivity index (χ2n) is 16.4. The Hall–Kier alpha value is -2.81. The van der Waals surface area contributed by atoms with Crippen molar-refractivity contribution in [1.82, 2.24) is 0 Å². The van der Waals surface area contributed by atoms with Crippen LogP contribution in [0.3, 0.4) is 0 Å². The summed E-state index contributed by atoms with van der Waals surface area (Å²) in [5.41, 5.74) is 0. The van der Waals surface area contributed by atoms with Crippen molar-refractivity contribution in [3.63, 3.8) is 0 Å². The molecule has 0 aromatic rings. The highest BCUT2D eigenvalue weighted by Gasteiger charge is 2.21. The molecule has 0 radical (unpaired) electrons. The average Bonchev–Trinajstić information content (AvgIpc) is 3.20. The number of hydrogen-bond donors (Lipinski definition) is 0. The van der Waals surface area contributed by atoms with E-state index in [0.29, 0.717) is 23.9 Å². The van der Waals surface area contributed by atoms with Crippen molar-refractivity contribution < 1.29 is 42.1 Å². The van der Waals surface area contributed by atoms with Gasteiger partial charge in [0, 0.05) is 12.8 Å². The quantitative estimate of drug-likeness (QED) is 0.0196. The molecule has 0 aromatic carbocycles. The molecule has 0 spiro atoms. The number of hydrogen-bond acceptors (Lipinski definition) is 8. The Balaban J connectivity index is 4.44. The van der Waals surface area contributed by atoms with Crippen LogP contribution in [0.1, 0.15) is 168 Å². The van der Waals surface area contributed by atoms with E-state index in [1.54, 1.807) is 0 Å². The van der Waals surface area contributed by atoms with Gasteiger partial charge in [0.25, 0.3) is 7.82 Å². The van der Waals surface area contributed by atoms with E-state index in [2.05, 4.69) is 92.8 Å². The third kappa shape index (κ3) is 44.7. The number of ether oxygens (including phenoxy) is 2. The van der Waals surface area contributed by atoms with E-state index >= 15 is 0 Å². The van der Waals surface area contributed by atoms with Crippen LogP contribution in [0.15, 0.2) is 85.1 Å². The van der Waals surface area contributed by atoms with Gasteiger partial charge in [0.2, 0.25) is 0 Å². The smallest absolute Gasteiger partial charge is 0.306 e. The summed E-state index contributed by atoms with van der Waals surface area (Å²) in [6.07, 6.45) is 53.3. The van der Waals surface area contributed by atoms with Crippen LogP contribution < -0.4 is 4.89 Å². The first-order valence-corrected chi connectivity index (χ1v) is 24.8. The Bertz CT molecular complexity index is 1290. The van der Waals surface area contributed by atoms with Crippen molar-refractivity contribution in [3.05, 3.63) is 85.1 Å². The monoisotopic (exact) mass is 860 g/mol. The van der Waals surface area contributed by atoms with Gasteiger partial charge < -0.3 is 27.9 Å². The Morgan fingerprint density at radius 3 is 1.40 bits per heavy atom. The summed E-state index contributed by atoms with van der Waals surface area (Å²) in [6.45, 7) is 4.03. The van der Waals surface area contributed by atoms with Gasteiger partial charge in [-0.15, -0.1) is 0 Å². The zero-order valence-electron chi connectivity index (χ0n) is 38.6. The summed E-state index contributed by atoms with van der Waals surface area (Å²) >= 11 is 0. The van der Waals surface area contributed by atoms with Gasteiger partial charge in [0.1, 0.15) is 19.8 Å². The van der Waals surface area contributed by atoms with Crippen molar-refractivity contribution >= 4 is 19.8 Å². The summed E-state index contributed by atoms with van der Waals surface area (Å²) in [5.74, 6) is -0.908. The summed E-state index contributed by atoms with van der Waals surface area (Å²) in [4.78, 5) is 37.6. The average molecular weight is 860 g/mol. The van der Waals surface area contributed by atoms with Crippen LogP contribution >= 0.6 is 7.82 Å². The number of esters is 2. The lowest BCUT2D eigenvalue weighted by Gasteiger charge is -2.28. The van der Waals surface area contributed by atoms with Gasteiger partial charge in [-0.05, 0) is 64.2 Å². The van der Waals surface area contributed by atoms with Crippen molar-refractivity contribution in [2.75, 3.05) is 47.5 Å². The molecule has 0 bridgehead atoms. The molecular formula is C50H86NO8P. The summed E-state index contributed by atoms with van der Waals surface area (Å²) in [6, 6.07) is 0. The number of quaternary nitrogens is 1. The number of rotatable bonds is 41. The summed E-state index contributed by atoms with van der Waals surface area (Å²) in [7, 11) is 1.12. The number of carbonyl (C=O) groups excluding carboxylic acids is 2. The van der Waals surface area contributed by atoms with Crippen LogP contribution in [0.5, 0.6) is 0 Å². The highest BCUT2D eigenvalue weighted by molar-refractivity contribution is 7.45. The highest BCUT2D eigenvalue weighted by Crippen LogP contribution is 2.38. The fourth-order valence-corrected chi connectivity index (χ4v) is 6.55. The normalized spacial score (nSPS) is 14.3. The number of unbranched alkanes of at least 4 members (excludes halogenated alkanes) is 13. The van der Waals surface area contributed by atoms with E-state index in [4.69, 9.17) is 18.5 Å². The fraction of sp³-hybridized carbons (Fsp3) is 0.680. The Morgan fingerprint density at radius 1 is 0.533 bits per heavy atom. The fourth-order valence-electron chi connectivity index (χ4n) is 5.82. The first-order valence-electron chi connectivity index (χ1n) is 23.3. The largest absolute Gasteiger partial charge is 0.756 e. The van der Waals surface area contributed by atoms with Crippen LogP contribution in [0, 0.1) is 0 Å². The van der Waals surface area contributed by atoms with Gasteiger partial charge in [-0.1, -0.05) is 176 Å². The Kier molecular flexibility index (Phi) is 39.6. The number of phosphoric ester groups is 1. The third-order valence-corrected chi connectivity index (χ3v) is 10.4. The molecule has 0 amide bonds. The Morgan fingerprint density at radius 2 is 0.950 bits per heavy atom. The number of carbonyl (C=O) groups is 2. The van der Waals surface area contributed by atoms with Crippen molar-refractivity contribution in [3.8, 4) is 0 Å². The molecule has 0 fully saturated rings. The predicted octanol–water partition coefficient (Wildman–Crippen LogP) is 12.9. The molecule has 2 atom stereocenters. The molecule has 0 N–H and O–H groups in total. The predicted molar refractivity (Wildman–Crippen MR) is 249 cm³/mol. The second-order valence-corrected chi connectivity index (χ2v) is 17.8. The molecule has 60 heavy (non-hydrogen) atoms. The molecule has 2 unspecified atom stereocenters. The van der Waals surface area contributed by atoms with Crippen LogP contribution in [0.2, 0.25) is 0 Å². The SMILES string of the molecule is CC/C=C\C/C=C\C/C=C\C/C=C\C/C=C\C/C=C\C/C=C\CCCC(=O)OC(COC(=O)CCCCCCCCCCCCCCC)COP(=O)([O-])OCC[N+](C)(C)C. The highest BCUT2D eigenvalue weighted by atomic mass is 31.2. The van der Waals surface area contributed by atoms with Crippen LogP contribution in [0.25, 0.3) is 0 Å². The van der Waals surface area contributed by atoms with Crippen molar-refractivity contribution in [1.29, 1.82) is 0 Å². The van der Waals surface area contributed by atoms with Crippen LogP contribution in [0.4, 0.5) is 0 Å². The maximum atomic E-state index is 12.7. The number of nitrogens with zero attached hydrogens (tertiary/aromatic N) is 1. The van der Waals surface area contributed by atoms with Gasteiger partial charge in [-0.3, -0.25) is 14.2 Å². The maximum Gasteiger partial charge on any atom is 0.306 e. The third-order valence-electron chi connectivity index (χ3n) is 9.43. The van der Waals surface area contributed by atoms with Crippen LogP contribution in [-0.4, -0.2) is 70.0 Å². The molecule has 9 nitrogen and oxygen atoms in total. The molecule has 0 rings (SSSR count). The van der Waals surface area contributed by atoms with E-state index in [1.165, 1.54) is 64.2 Å². The lowest BCUT2D eigenvalue weighted by molar-refractivity contribution is -0.870. The molecule has 0 aliphatic heterocycles. The molecule has 0 aromatic heterocycles. The van der Waals surface area contributed by atoms with Gasteiger partial charge >= 0.3 is 11.9 Å². The molecule has 0 saturated carbocycles. The van der Waals surface area contributed by atoms with E-state index in [0.717, 1.165) is 64.2 Å². The van der Waals surface area contributed by atoms with Gasteiger partial charge in [0.15, 0.2) is 6.10 Å². The topological polar surface area (TPSA) is 111 Å². The van der Waals surface area contributed by atoms with Crippen molar-refractivity contribution in [2.24, 2.45) is 0 Å². The van der Waals surface area contributed by atoms with Crippen molar-refractivity contribution in [2.45, 2.75) is 174 Å². The molecule has 0 heterocycles. The minimum absolute atomic E-state index is 0.0452. The molecule has 344 valence electrons. The summed E-state index contributed by atoms with van der Waals surface area (Å²) < 4.78 is 33.9. The standard InChI is InChI=1S/C50H86NO8P/c1-6-8-10-12-14-16-18-20-21-22-23-24-25-26-27-28-29-31-33-35-37-39-41-43-50(53)59-48(47-58-60(54,55)57-45-44-51(3,4)5)46-56-49(52)42-40-38-36-34-32-30-19-17-15-13-11-9-7-2/h8,10,14,16,20-21,23-24,26-27,29,31,35,37,48H,6-7,9,11-13,15,17-19,22,25,28,30,32-34,36,38-47H2,1-5H3/b10-8-,16-14-,21-20-,24-23-,27-26-,31-29-,37-35-. The second kappa shape index (κ2) is 41.5. The lowest BCUT2D eigenvalue weighted by atomic mass is 10.0. The van der Waals surface area contributed by atoms with Crippen LogP contribution in [-0.2, 0) is 32.7 Å². The molecule has 0 saturated heterocycles. The molecule has 10 heteroatoms. The van der Waals surface area contributed by atoms with E-state index < -0.39 is 32.5 Å². The first-order chi connectivity index (χ1) is 29.0. The van der Waals surface area contributed by atoms with Gasteiger partial charge in [0.05, 0.1) is 27.7 Å². The number of allylic oxidation sites excluding steroid dienone is 14. The zero-order valence-corrected chi connectivity index (χ0v) is 39.5. The molecule has 0 aliphatic carbocycles. The maximum absolute atomic E-state index is 12.7.